The third kappa shape index (κ3) is 3.95. The minimum Gasteiger partial charge on any atom is -0.491 e. The zero-order chi connectivity index (χ0) is 18.8. The van der Waals surface area contributed by atoms with E-state index in [4.69, 9.17) is 9.47 Å². The molecule has 3 heterocycles. The summed E-state index contributed by atoms with van der Waals surface area (Å²) in [6.45, 7) is 3.63. The minimum atomic E-state index is -0.225. The molecule has 0 bridgehead atoms. The van der Waals surface area contributed by atoms with Crippen molar-refractivity contribution in [1.82, 2.24) is 10.3 Å². The van der Waals surface area contributed by atoms with Crippen LogP contribution < -0.4 is 10.1 Å². The van der Waals surface area contributed by atoms with Gasteiger partial charge in [-0.15, -0.1) is 0 Å². The lowest BCUT2D eigenvalue weighted by Gasteiger charge is -2.23. The van der Waals surface area contributed by atoms with E-state index in [2.05, 4.69) is 10.3 Å². The first-order chi connectivity index (χ1) is 13.1. The van der Waals surface area contributed by atoms with Crippen molar-refractivity contribution in [2.45, 2.75) is 38.6 Å². The van der Waals surface area contributed by atoms with Crippen LogP contribution in [0.1, 0.15) is 45.7 Å². The molecule has 27 heavy (non-hydrogen) atoms. The third-order valence-corrected chi connectivity index (χ3v) is 5.13. The summed E-state index contributed by atoms with van der Waals surface area (Å²) in [7, 11) is 0. The van der Waals surface area contributed by atoms with E-state index in [0.29, 0.717) is 43.9 Å². The molecule has 1 saturated heterocycles. The standard InChI is InChI=1S/C21H23FN2O3/c1-13-2-3-14(11-17(13)22)10-15-12-19(24-18-6-9-27-20(15)18)21(25)23-16-4-7-26-8-5-16/h2-3,11-12,16H,4-10H2,1H3,(H,23,25). The maximum atomic E-state index is 13.9. The second-order valence-corrected chi connectivity index (χ2v) is 7.16. The third-order valence-electron chi connectivity index (χ3n) is 5.13. The maximum absolute atomic E-state index is 13.9. The number of aryl methyl sites for hydroxylation is 1. The Labute approximate surface area is 157 Å². The number of nitrogens with one attached hydrogen (secondary N) is 1. The highest BCUT2D eigenvalue weighted by Gasteiger charge is 2.24. The van der Waals surface area contributed by atoms with Gasteiger partial charge in [0.15, 0.2) is 0 Å². The molecule has 1 N–H and O–H groups in total. The molecule has 1 aromatic heterocycles. The van der Waals surface area contributed by atoms with Gasteiger partial charge in [0.2, 0.25) is 0 Å². The van der Waals surface area contributed by atoms with Crippen LogP contribution in [0.25, 0.3) is 0 Å². The van der Waals surface area contributed by atoms with E-state index >= 15 is 0 Å². The number of aromatic nitrogens is 1. The van der Waals surface area contributed by atoms with Crippen LogP contribution in [0.3, 0.4) is 0 Å². The molecule has 0 saturated carbocycles. The molecule has 1 aromatic carbocycles. The Morgan fingerprint density at radius 1 is 1.26 bits per heavy atom. The maximum Gasteiger partial charge on any atom is 0.270 e. The van der Waals surface area contributed by atoms with E-state index in [1.807, 2.05) is 6.07 Å². The first-order valence-corrected chi connectivity index (χ1v) is 9.39. The number of halogens is 1. The second kappa shape index (κ2) is 7.64. The summed E-state index contributed by atoms with van der Waals surface area (Å²) in [5.74, 6) is 0.336. The Hall–Kier alpha value is -2.47. The first kappa shape index (κ1) is 17.9. The number of fused-ring (bicyclic) bond motifs is 1. The van der Waals surface area contributed by atoms with Gasteiger partial charge in [-0.25, -0.2) is 9.37 Å². The lowest BCUT2D eigenvalue weighted by molar-refractivity contribution is 0.0694. The van der Waals surface area contributed by atoms with Crippen LogP contribution in [-0.4, -0.2) is 36.8 Å². The lowest BCUT2D eigenvalue weighted by atomic mass is 10.0. The topological polar surface area (TPSA) is 60.5 Å². The highest BCUT2D eigenvalue weighted by atomic mass is 19.1. The van der Waals surface area contributed by atoms with Crippen LogP contribution in [0.15, 0.2) is 24.3 Å². The van der Waals surface area contributed by atoms with Crippen molar-refractivity contribution < 1.29 is 18.7 Å². The van der Waals surface area contributed by atoms with Crippen molar-refractivity contribution in [2.24, 2.45) is 0 Å². The van der Waals surface area contributed by atoms with E-state index in [1.165, 1.54) is 0 Å². The van der Waals surface area contributed by atoms with Gasteiger partial charge in [-0.05, 0) is 43.0 Å². The summed E-state index contributed by atoms with van der Waals surface area (Å²) in [5.41, 5.74) is 3.53. The van der Waals surface area contributed by atoms with Gasteiger partial charge in [0.25, 0.3) is 5.91 Å². The zero-order valence-electron chi connectivity index (χ0n) is 15.4. The number of carbonyl (C=O) groups excluding carboxylic acids is 1. The van der Waals surface area contributed by atoms with E-state index < -0.39 is 0 Å². The highest BCUT2D eigenvalue weighted by Crippen LogP contribution is 2.31. The lowest BCUT2D eigenvalue weighted by Crippen LogP contribution is -2.39. The number of hydrogen-bond donors (Lipinski definition) is 1. The summed E-state index contributed by atoms with van der Waals surface area (Å²) in [6.07, 6.45) is 2.81. The van der Waals surface area contributed by atoms with Crippen molar-refractivity contribution in [1.29, 1.82) is 0 Å². The van der Waals surface area contributed by atoms with Gasteiger partial charge in [-0.2, -0.15) is 0 Å². The summed E-state index contributed by atoms with van der Waals surface area (Å²) in [4.78, 5) is 17.2. The Balaban J connectivity index is 1.59. The van der Waals surface area contributed by atoms with E-state index in [0.717, 1.165) is 35.4 Å². The Kier molecular flexibility index (Phi) is 5.07. The summed E-state index contributed by atoms with van der Waals surface area (Å²) >= 11 is 0. The van der Waals surface area contributed by atoms with Crippen LogP contribution in [0.4, 0.5) is 4.39 Å². The molecule has 0 atom stereocenters. The molecule has 5 nitrogen and oxygen atoms in total. The van der Waals surface area contributed by atoms with Gasteiger partial charge in [-0.1, -0.05) is 12.1 Å². The quantitative estimate of drug-likeness (QED) is 0.899. The Morgan fingerprint density at radius 3 is 2.85 bits per heavy atom. The number of rotatable bonds is 4. The molecule has 2 aromatic rings. The Morgan fingerprint density at radius 2 is 2.07 bits per heavy atom. The van der Waals surface area contributed by atoms with Crippen LogP contribution in [0.2, 0.25) is 0 Å². The molecule has 2 aliphatic rings. The molecule has 1 fully saturated rings. The van der Waals surface area contributed by atoms with E-state index in [1.54, 1.807) is 25.1 Å². The number of benzene rings is 1. The predicted molar refractivity (Wildman–Crippen MR) is 98.7 cm³/mol. The van der Waals surface area contributed by atoms with E-state index in [9.17, 15) is 9.18 Å². The predicted octanol–water partition coefficient (Wildman–Crippen LogP) is 2.96. The van der Waals surface area contributed by atoms with Gasteiger partial charge in [0.05, 0.1) is 12.3 Å². The molecule has 0 radical (unpaired) electrons. The van der Waals surface area contributed by atoms with Crippen LogP contribution in [0, 0.1) is 12.7 Å². The fourth-order valence-corrected chi connectivity index (χ4v) is 3.55. The number of amides is 1. The van der Waals surface area contributed by atoms with Crippen molar-refractivity contribution in [2.75, 3.05) is 19.8 Å². The number of pyridine rings is 1. The van der Waals surface area contributed by atoms with Crippen LogP contribution in [0.5, 0.6) is 5.75 Å². The molecular formula is C21H23FN2O3. The molecule has 0 unspecified atom stereocenters. The summed E-state index contributed by atoms with van der Waals surface area (Å²) in [5, 5.41) is 3.05. The SMILES string of the molecule is Cc1ccc(Cc2cc(C(=O)NC3CCOCC3)nc3c2OCC3)cc1F. The van der Waals surface area contributed by atoms with Gasteiger partial charge in [0.1, 0.15) is 17.3 Å². The first-order valence-electron chi connectivity index (χ1n) is 9.39. The molecule has 6 heteroatoms. The number of ether oxygens (including phenoxy) is 2. The van der Waals surface area contributed by atoms with Crippen LogP contribution in [-0.2, 0) is 17.6 Å². The molecule has 0 aliphatic carbocycles. The molecule has 4 rings (SSSR count). The van der Waals surface area contributed by atoms with Crippen molar-refractivity contribution in [3.8, 4) is 5.75 Å². The van der Waals surface area contributed by atoms with Crippen molar-refractivity contribution in [3.05, 3.63) is 58.2 Å². The molecule has 142 valence electrons. The minimum absolute atomic E-state index is 0.118. The normalized spacial score (nSPS) is 16.7. The van der Waals surface area contributed by atoms with Gasteiger partial charge < -0.3 is 14.8 Å². The molecule has 0 spiro atoms. The monoisotopic (exact) mass is 370 g/mol. The molecule has 2 aliphatic heterocycles. The van der Waals surface area contributed by atoms with Gasteiger partial charge >= 0.3 is 0 Å². The zero-order valence-corrected chi connectivity index (χ0v) is 15.4. The summed E-state index contributed by atoms with van der Waals surface area (Å²) in [6, 6.07) is 7.11. The second-order valence-electron chi connectivity index (χ2n) is 7.16. The largest absolute Gasteiger partial charge is 0.491 e. The number of hydrogen-bond acceptors (Lipinski definition) is 4. The van der Waals surface area contributed by atoms with Crippen molar-refractivity contribution >= 4 is 5.91 Å². The van der Waals surface area contributed by atoms with Crippen LogP contribution >= 0.6 is 0 Å². The average Bonchev–Trinajstić information content (AvgIpc) is 3.14. The highest BCUT2D eigenvalue weighted by molar-refractivity contribution is 5.93. The fraction of sp³-hybridized carbons (Fsp3) is 0.429. The average molecular weight is 370 g/mol. The number of carbonyl (C=O) groups is 1. The Bertz CT molecular complexity index is 863. The number of nitrogens with zero attached hydrogens (tertiary/aromatic N) is 1. The van der Waals surface area contributed by atoms with E-state index in [-0.39, 0.29) is 17.8 Å². The molecular weight excluding hydrogens is 347 g/mol. The summed E-state index contributed by atoms with van der Waals surface area (Å²) < 4.78 is 25.0. The fourth-order valence-electron chi connectivity index (χ4n) is 3.55. The van der Waals surface area contributed by atoms with Gasteiger partial charge in [0, 0.05) is 37.7 Å². The van der Waals surface area contributed by atoms with Gasteiger partial charge in [-0.3, -0.25) is 4.79 Å². The smallest absolute Gasteiger partial charge is 0.270 e. The van der Waals surface area contributed by atoms with Crippen molar-refractivity contribution in [3.63, 3.8) is 0 Å². The molecule has 1 amide bonds.